The van der Waals surface area contributed by atoms with Crippen molar-refractivity contribution in [1.29, 1.82) is 0 Å². The molecule has 0 aromatic carbocycles. The van der Waals surface area contributed by atoms with Crippen LogP contribution in [0.2, 0.25) is 0 Å². The normalized spacial score (nSPS) is 28.2. The molecule has 0 saturated carbocycles. The van der Waals surface area contributed by atoms with E-state index in [9.17, 15) is 0 Å². The molecular weight excluding hydrogens is 216 g/mol. The molecule has 1 aliphatic heterocycles. The Hall–Kier alpha value is -0.540. The Morgan fingerprint density at radius 2 is 2.44 bits per heavy atom. The lowest BCUT2D eigenvalue weighted by atomic mass is 10.1. The van der Waals surface area contributed by atoms with Crippen molar-refractivity contribution in [2.24, 2.45) is 5.92 Å². The van der Waals surface area contributed by atoms with E-state index in [-0.39, 0.29) is 0 Å². The minimum atomic E-state index is 0.516. The summed E-state index contributed by atoms with van der Waals surface area (Å²) in [7, 11) is 0. The maximum absolute atomic E-state index is 4.52. The van der Waals surface area contributed by atoms with Crippen molar-refractivity contribution in [3.8, 4) is 0 Å². The highest BCUT2D eigenvalue weighted by Crippen LogP contribution is 2.30. The average Bonchev–Trinajstić information content (AvgIpc) is 2.96. The second-order valence-electron chi connectivity index (χ2n) is 4.78. The molecule has 2 unspecified atom stereocenters. The molecule has 0 amide bonds. The number of fused-ring (bicyclic) bond motifs is 1. The molecule has 2 aliphatic rings. The van der Waals surface area contributed by atoms with E-state index in [1.807, 2.05) is 6.20 Å². The quantitative estimate of drug-likeness (QED) is 0.869. The highest BCUT2D eigenvalue weighted by atomic mass is 32.2. The van der Waals surface area contributed by atoms with Gasteiger partial charge in [-0.1, -0.05) is 6.07 Å². The maximum Gasteiger partial charge on any atom is 0.0605 e. The van der Waals surface area contributed by atoms with Crippen LogP contribution in [-0.2, 0) is 6.42 Å². The fourth-order valence-electron chi connectivity index (χ4n) is 2.66. The van der Waals surface area contributed by atoms with E-state index in [0.29, 0.717) is 6.04 Å². The molecule has 0 radical (unpaired) electrons. The van der Waals surface area contributed by atoms with Crippen LogP contribution in [0.5, 0.6) is 0 Å². The third kappa shape index (κ3) is 2.11. The van der Waals surface area contributed by atoms with Gasteiger partial charge < -0.3 is 5.32 Å². The number of nitrogens with one attached hydrogen (secondary N) is 1. The van der Waals surface area contributed by atoms with Crippen LogP contribution >= 0.6 is 11.8 Å². The van der Waals surface area contributed by atoms with Crippen LogP contribution in [0.25, 0.3) is 0 Å². The fourth-order valence-corrected chi connectivity index (χ4v) is 3.95. The Kier molecular flexibility index (Phi) is 3.15. The van der Waals surface area contributed by atoms with E-state index in [1.54, 1.807) is 0 Å². The summed E-state index contributed by atoms with van der Waals surface area (Å²) < 4.78 is 0. The smallest absolute Gasteiger partial charge is 0.0605 e. The van der Waals surface area contributed by atoms with E-state index in [0.717, 1.165) is 5.92 Å². The first-order chi connectivity index (χ1) is 7.93. The Labute approximate surface area is 101 Å². The van der Waals surface area contributed by atoms with Gasteiger partial charge in [0.05, 0.1) is 11.7 Å². The number of nitrogens with zero attached hydrogens (tertiary/aromatic N) is 1. The SMILES string of the molecule is c1cnc2c(c1)CCC2NCC1CCSC1. The van der Waals surface area contributed by atoms with Gasteiger partial charge in [0.2, 0.25) is 0 Å². The molecule has 1 saturated heterocycles. The minimum absolute atomic E-state index is 0.516. The molecule has 2 nitrogen and oxygen atoms in total. The summed E-state index contributed by atoms with van der Waals surface area (Å²) in [6.07, 6.45) is 5.73. The van der Waals surface area contributed by atoms with Crippen LogP contribution in [0.3, 0.4) is 0 Å². The number of hydrogen-bond acceptors (Lipinski definition) is 3. The Bertz CT molecular complexity index is 361. The van der Waals surface area contributed by atoms with E-state index in [1.165, 1.54) is 48.6 Å². The lowest BCUT2D eigenvalue weighted by Crippen LogP contribution is -2.26. The fraction of sp³-hybridized carbons (Fsp3) is 0.615. The highest BCUT2D eigenvalue weighted by molar-refractivity contribution is 7.99. The molecule has 3 rings (SSSR count). The molecule has 86 valence electrons. The predicted molar refractivity (Wildman–Crippen MR) is 68.7 cm³/mol. The van der Waals surface area contributed by atoms with Gasteiger partial charge in [0.15, 0.2) is 0 Å². The summed E-state index contributed by atoms with van der Waals surface area (Å²) in [5.74, 6) is 3.58. The molecule has 0 spiro atoms. The Morgan fingerprint density at radius 3 is 3.31 bits per heavy atom. The minimum Gasteiger partial charge on any atom is -0.308 e. The largest absolute Gasteiger partial charge is 0.308 e. The number of aromatic nitrogens is 1. The zero-order chi connectivity index (χ0) is 10.8. The van der Waals surface area contributed by atoms with Crippen LogP contribution in [0.15, 0.2) is 18.3 Å². The van der Waals surface area contributed by atoms with Gasteiger partial charge in [0.25, 0.3) is 0 Å². The molecule has 3 heteroatoms. The van der Waals surface area contributed by atoms with Gasteiger partial charge in [-0.15, -0.1) is 0 Å². The zero-order valence-corrected chi connectivity index (χ0v) is 10.3. The van der Waals surface area contributed by atoms with Crippen molar-refractivity contribution in [1.82, 2.24) is 10.3 Å². The second kappa shape index (κ2) is 4.76. The predicted octanol–water partition coefficient (Wildman–Crippen LogP) is 2.41. The Balaban J connectivity index is 1.60. The Morgan fingerprint density at radius 1 is 1.44 bits per heavy atom. The topological polar surface area (TPSA) is 24.9 Å². The van der Waals surface area contributed by atoms with Gasteiger partial charge >= 0.3 is 0 Å². The molecule has 1 aromatic rings. The van der Waals surface area contributed by atoms with Crippen LogP contribution in [0.1, 0.15) is 30.1 Å². The van der Waals surface area contributed by atoms with Crippen molar-refractivity contribution in [3.05, 3.63) is 29.6 Å². The van der Waals surface area contributed by atoms with Crippen LogP contribution in [0, 0.1) is 5.92 Å². The highest BCUT2D eigenvalue weighted by Gasteiger charge is 2.24. The van der Waals surface area contributed by atoms with Gasteiger partial charge in [-0.2, -0.15) is 11.8 Å². The molecule has 1 fully saturated rings. The molecule has 16 heavy (non-hydrogen) atoms. The summed E-state index contributed by atoms with van der Waals surface area (Å²) in [5.41, 5.74) is 2.74. The molecule has 1 aromatic heterocycles. The average molecular weight is 234 g/mol. The third-order valence-corrected chi connectivity index (χ3v) is 4.87. The summed E-state index contributed by atoms with van der Waals surface area (Å²) in [5, 5.41) is 3.70. The maximum atomic E-state index is 4.52. The molecule has 1 N–H and O–H groups in total. The van der Waals surface area contributed by atoms with E-state index >= 15 is 0 Å². The van der Waals surface area contributed by atoms with E-state index < -0.39 is 0 Å². The van der Waals surface area contributed by atoms with Crippen molar-refractivity contribution in [3.63, 3.8) is 0 Å². The first-order valence-corrected chi connectivity index (χ1v) is 7.34. The van der Waals surface area contributed by atoms with Crippen LogP contribution in [0.4, 0.5) is 0 Å². The van der Waals surface area contributed by atoms with Crippen LogP contribution < -0.4 is 5.32 Å². The van der Waals surface area contributed by atoms with Gasteiger partial charge in [0, 0.05) is 6.20 Å². The van der Waals surface area contributed by atoms with E-state index in [2.05, 4.69) is 34.2 Å². The molecule has 2 heterocycles. The summed E-state index contributed by atoms with van der Waals surface area (Å²) in [4.78, 5) is 4.52. The standard InChI is InChI=1S/C13H18N2S/c1-2-11-3-4-12(13(11)14-6-1)15-8-10-5-7-16-9-10/h1-2,6,10,12,15H,3-5,7-9H2. The molecule has 2 atom stereocenters. The van der Waals surface area contributed by atoms with Gasteiger partial charge in [-0.25, -0.2) is 0 Å². The van der Waals surface area contributed by atoms with Crippen LogP contribution in [-0.4, -0.2) is 23.0 Å². The monoisotopic (exact) mass is 234 g/mol. The summed E-state index contributed by atoms with van der Waals surface area (Å²) in [6.45, 7) is 1.17. The lowest BCUT2D eigenvalue weighted by Gasteiger charge is -2.16. The molecular formula is C13H18N2S. The number of pyridine rings is 1. The van der Waals surface area contributed by atoms with Gasteiger partial charge in [-0.3, -0.25) is 4.98 Å². The van der Waals surface area contributed by atoms with Crippen molar-refractivity contribution in [2.75, 3.05) is 18.1 Å². The molecule has 0 bridgehead atoms. The zero-order valence-electron chi connectivity index (χ0n) is 9.48. The van der Waals surface area contributed by atoms with Gasteiger partial charge in [-0.05, 0) is 54.9 Å². The summed E-state index contributed by atoms with van der Waals surface area (Å²) in [6, 6.07) is 4.78. The number of rotatable bonds is 3. The molecule has 1 aliphatic carbocycles. The number of thioether (sulfide) groups is 1. The summed E-state index contributed by atoms with van der Waals surface area (Å²) >= 11 is 2.09. The first-order valence-electron chi connectivity index (χ1n) is 6.18. The second-order valence-corrected chi connectivity index (χ2v) is 5.93. The lowest BCUT2D eigenvalue weighted by molar-refractivity contribution is 0.452. The van der Waals surface area contributed by atoms with Crippen molar-refractivity contribution < 1.29 is 0 Å². The number of aryl methyl sites for hydroxylation is 1. The van der Waals surface area contributed by atoms with Gasteiger partial charge in [0.1, 0.15) is 0 Å². The van der Waals surface area contributed by atoms with Crippen molar-refractivity contribution >= 4 is 11.8 Å². The number of hydrogen-bond donors (Lipinski definition) is 1. The first kappa shape index (κ1) is 10.6. The third-order valence-electron chi connectivity index (χ3n) is 3.64. The van der Waals surface area contributed by atoms with E-state index in [4.69, 9.17) is 0 Å². The van der Waals surface area contributed by atoms with Crippen molar-refractivity contribution in [2.45, 2.75) is 25.3 Å².